The third kappa shape index (κ3) is 3.26. The first-order valence-corrected chi connectivity index (χ1v) is 8.09. The molecule has 1 aliphatic rings. The van der Waals surface area contributed by atoms with Gasteiger partial charge in [0.2, 0.25) is 0 Å². The zero-order chi connectivity index (χ0) is 18.4. The molecule has 10 heteroatoms. The van der Waals surface area contributed by atoms with E-state index in [0.29, 0.717) is 11.3 Å². The van der Waals surface area contributed by atoms with Crippen molar-refractivity contribution in [3.63, 3.8) is 0 Å². The summed E-state index contributed by atoms with van der Waals surface area (Å²) in [5.41, 5.74) is -2.35. The molecule has 1 amide bonds. The summed E-state index contributed by atoms with van der Waals surface area (Å²) in [6.45, 7) is 1.87. The number of alkyl halides is 2. The Kier molecular flexibility index (Phi) is 4.55. The fourth-order valence-corrected chi connectivity index (χ4v) is 3.08. The molecule has 3 heterocycles. The number of carbonyl (C=O) groups is 1. The zero-order valence-electron chi connectivity index (χ0n) is 13.2. The lowest BCUT2D eigenvalue weighted by molar-refractivity contribution is -0.152. The second-order valence-corrected chi connectivity index (χ2v) is 6.74. The Balaban J connectivity index is 1.91. The van der Waals surface area contributed by atoms with Crippen molar-refractivity contribution in [2.24, 2.45) is 0 Å². The summed E-state index contributed by atoms with van der Waals surface area (Å²) < 4.78 is 41.7. The second kappa shape index (κ2) is 6.38. The van der Waals surface area contributed by atoms with Crippen LogP contribution in [0.5, 0.6) is 0 Å². The van der Waals surface area contributed by atoms with Crippen LogP contribution in [0.15, 0.2) is 24.5 Å². The average molecular weight is 372 g/mol. The fourth-order valence-electron chi connectivity index (χ4n) is 2.93. The first kappa shape index (κ1) is 17.8. The highest BCUT2D eigenvalue weighted by molar-refractivity contribution is 7.18. The minimum absolute atomic E-state index is 0.00473. The van der Waals surface area contributed by atoms with Gasteiger partial charge >= 0.3 is 0 Å². The van der Waals surface area contributed by atoms with Crippen LogP contribution in [0.3, 0.4) is 0 Å². The predicted molar refractivity (Wildman–Crippen MR) is 85.8 cm³/mol. The van der Waals surface area contributed by atoms with Crippen molar-refractivity contribution in [1.82, 2.24) is 19.7 Å². The molecule has 3 rings (SSSR count). The van der Waals surface area contributed by atoms with Gasteiger partial charge in [-0.25, -0.2) is 14.1 Å². The Hall–Kier alpha value is -1.99. The monoisotopic (exact) mass is 372 g/mol. The van der Waals surface area contributed by atoms with Crippen LogP contribution in [0.1, 0.15) is 24.1 Å². The number of aliphatic hydroxyl groups excluding tert-OH is 1. The Labute approximate surface area is 143 Å². The second-order valence-electron chi connectivity index (χ2n) is 5.97. The molecule has 1 N–H and O–H groups in total. The van der Waals surface area contributed by atoms with Crippen molar-refractivity contribution in [3.05, 3.63) is 41.6 Å². The van der Waals surface area contributed by atoms with Crippen molar-refractivity contribution in [2.45, 2.75) is 31.2 Å². The van der Waals surface area contributed by atoms with Crippen molar-refractivity contribution < 1.29 is 23.1 Å². The Morgan fingerprint density at radius 3 is 2.88 bits per heavy atom. The number of pyridine rings is 1. The van der Waals surface area contributed by atoms with Crippen molar-refractivity contribution in [2.75, 3.05) is 6.54 Å². The van der Waals surface area contributed by atoms with Gasteiger partial charge in [0.05, 0.1) is 11.9 Å². The molecule has 0 bridgehead atoms. The number of nitrogens with zero attached hydrogens (tertiary/aromatic N) is 4. The number of aliphatic hydroxyl groups is 1. The van der Waals surface area contributed by atoms with E-state index in [1.165, 1.54) is 38.4 Å². The van der Waals surface area contributed by atoms with Crippen LogP contribution in [-0.4, -0.2) is 49.0 Å². The van der Waals surface area contributed by atoms with Gasteiger partial charge in [-0.2, -0.15) is 13.9 Å². The molecule has 1 aliphatic heterocycles. The van der Waals surface area contributed by atoms with E-state index in [0.717, 1.165) is 4.90 Å². The number of carbonyl (C=O) groups excluding carboxylic acids is 1. The van der Waals surface area contributed by atoms with Crippen LogP contribution < -0.4 is 0 Å². The maximum atomic E-state index is 14.0. The summed E-state index contributed by atoms with van der Waals surface area (Å²) in [6, 6.07) is 2.72. The normalized spacial score (nSPS) is 18.8. The predicted octanol–water partition coefficient (Wildman–Crippen LogP) is 1.68. The van der Waals surface area contributed by atoms with Crippen LogP contribution >= 0.6 is 9.24 Å². The van der Waals surface area contributed by atoms with Gasteiger partial charge in [-0.05, 0) is 12.1 Å². The van der Waals surface area contributed by atoms with E-state index in [9.17, 15) is 23.1 Å². The quantitative estimate of drug-likeness (QED) is 0.833. The Morgan fingerprint density at radius 2 is 2.24 bits per heavy atom. The number of hydrogen-bond donors (Lipinski definition) is 1. The summed E-state index contributed by atoms with van der Waals surface area (Å²) in [7, 11) is 1.17. The number of halogens is 3. The highest BCUT2D eigenvalue weighted by Crippen LogP contribution is 2.33. The molecular weight excluding hydrogens is 356 g/mol. The molecule has 0 saturated carbocycles. The third-order valence-electron chi connectivity index (χ3n) is 4.06. The molecule has 3 unspecified atom stereocenters. The maximum absolute atomic E-state index is 14.0. The molecule has 6 nitrogen and oxygen atoms in total. The molecular formula is C15H16F3N4O2P. The minimum Gasteiger partial charge on any atom is -0.378 e. The average Bonchev–Trinajstić information content (AvgIpc) is 2.97. The molecule has 25 heavy (non-hydrogen) atoms. The van der Waals surface area contributed by atoms with Gasteiger partial charge in [0.25, 0.3) is 11.6 Å². The third-order valence-corrected chi connectivity index (χ3v) is 4.37. The zero-order valence-corrected chi connectivity index (χ0v) is 14.4. The molecule has 0 spiro atoms. The lowest BCUT2D eigenvalue weighted by Gasteiger charge is -2.33. The number of fused-ring (bicyclic) bond motifs is 1. The number of aromatic nitrogens is 3. The van der Waals surface area contributed by atoms with E-state index < -0.39 is 23.5 Å². The van der Waals surface area contributed by atoms with Crippen molar-refractivity contribution >= 4 is 15.1 Å². The van der Waals surface area contributed by atoms with Gasteiger partial charge in [0.1, 0.15) is 0 Å². The van der Waals surface area contributed by atoms with E-state index in [1.807, 2.05) is 0 Å². The van der Waals surface area contributed by atoms with Crippen molar-refractivity contribution in [1.29, 1.82) is 0 Å². The summed E-state index contributed by atoms with van der Waals surface area (Å²) in [5.74, 6) is -1.87. The lowest BCUT2D eigenvalue weighted by atomic mass is 9.97. The fraction of sp³-hybridized carbons (Fsp3) is 0.400. The van der Waals surface area contributed by atoms with Gasteiger partial charge in [-0.15, -0.1) is 0 Å². The van der Waals surface area contributed by atoms with E-state index >= 15 is 0 Å². The smallest absolute Gasteiger partial charge is 0.293 e. The van der Waals surface area contributed by atoms with Crippen LogP contribution in [0.25, 0.3) is 5.82 Å². The molecule has 0 saturated heterocycles. The highest BCUT2D eigenvalue weighted by atomic mass is 31.0. The van der Waals surface area contributed by atoms with Gasteiger partial charge in [0, 0.05) is 30.8 Å². The standard InChI is InChI=1S/C15H16F3N4O2P/c1-8-6-21(14(24)12(23)15(17,18)25)7-9-5-20-22(11(8)9)13-10(16)3-2-4-19-13/h2-5,8,12,23H,6-7,25H2,1H3. The molecule has 2 aromatic rings. The summed E-state index contributed by atoms with van der Waals surface area (Å²) in [4.78, 5) is 17.2. The number of hydrogen-bond acceptors (Lipinski definition) is 4. The summed E-state index contributed by atoms with van der Waals surface area (Å²) in [5, 5.41) is 13.6. The van der Waals surface area contributed by atoms with Crippen molar-refractivity contribution in [3.8, 4) is 5.82 Å². The molecule has 2 aromatic heterocycles. The Bertz CT molecular complexity index is 808. The van der Waals surface area contributed by atoms with E-state index in [-0.39, 0.29) is 24.8 Å². The van der Waals surface area contributed by atoms with Gasteiger partial charge < -0.3 is 10.0 Å². The van der Waals surface area contributed by atoms with Crippen LogP contribution in [0.2, 0.25) is 0 Å². The van der Waals surface area contributed by atoms with Crippen LogP contribution in [0.4, 0.5) is 13.2 Å². The first-order chi connectivity index (χ1) is 11.7. The van der Waals surface area contributed by atoms with E-state index in [4.69, 9.17) is 0 Å². The van der Waals surface area contributed by atoms with Gasteiger partial charge in [0.15, 0.2) is 17.7 Å². The molecule has 0 fully saturated rings. The van der Waals surface area contributed by atoms with Crippen LogP contribution in [0, 0.1) is 5.82 Å². The van der Waals surface area contributed by atoms with Gasteiger partial charge in [-0.1, -0.05) is 16.2 Å². The minimum atomic E-state index is -3.61. The van der Waals surface area contributed by atoms with E-state index in [1.54, 1.807) is 6.92 Å². The maximum Gasteiger partial charge on any atom is 0.293 e. The molecule has 0 radical (unpaired) electrons. The van der Waals surface area contributed by atoms with Crippen LogP contribution in [-0.2, 0) is 11.3 Å². The Morgan fingerprint density at radius 1 is 1.52 bits per heavy atom. The number of amides is 1. The summed E-state index contributed by atoms with van der Waals surface area (Å²) >= 11 is 0. The first-order valence-electron chi connectivity index (χ1n) is 7.51. The topological polar surface area (TPSA) is 71.2 Å². The molecule has 134 valence electrons. The highest BCUT2D eigenvalue weighted by Gasteiger charge is 2.42. The lowest BCUT2D eigenvalue weighted by Crippen LogP contribution is -2.48. The SMILES string of the molecule is CC1CN(C(=O)C(O)C(F)(F)P)Cc2cnn(-c3ncccc3F)c21. The van der Waals surface area contributed by atoms with Gasteiger partial charge in [-0.3, -0.25) is 4.79 Å². The molecule has 3 atom stereocenters. The molecule has 0 aliphatic carbocycles. The summed E-state index contributed by atoms with van der Waals surface area (Å²) in [6.07, 6.45) is 0.451. The molecule has 0 aromatic carbocycles. The van der Waals surface area contributed by atoms with E-state index in [2.05, 4.69) is 10.1 Å². The number of rotatable bonds is 3. The largest absolute Gasteiger partial charge is 0.378 e.